The number of likely N-dealkylation sites (N-methyl/N-ethyl adjacent to an activating group) is 1. The van der Waals surface area contributed by atoms with Gasteiger partial charge < -0.3 is 19.1 Å². The maximum absolute atomic E-state index is 13.0. The summed E-state index contributed by atoms with van der Waals surface area (Å²) in [5, 5.41) is 0.938. The Hall–Kier alpha value is -3.42. The lowest BCUT2D eigenvalue weighted by Gasteiger charge is -2.31. The van der Waals surface area contributed by atoms with Crippen LogP contribution in [0, 0.1) is 0 Å². The number of hydrogen-bond donors (Lipinski definition) is 0. The van der Waals surface area contributed by atoms with Crippen LogP contribution in [0.25, 0.3) is 11.0 Å². The van der Waals surface area contributed by atoms with Crippen LogP contribution in [0.15, 0.2) is 40.8 Å². The van der Waals surface area contributed by atoms with E-state index in [1.165, 1.54) is 0 Å². The summed E-state index contributed by atoms with van der Waals surface area (Å²) in [6, 6.07) is 11.5. The van der Waals surface area contributed by atoms with Crippen LogP contribution in [0.4, 0.5) is 5.82 Å². The molecular weight excluding hydrogens is 418 g/mol. The van der Waals surface area contributed by atoms with Crippen molar-refractivity contribution in [2.45, 2.75) is 31.1 Å². The van der Waals surface area contributed by atoms with Crippen molar-refractivity contribution in [2.75, 3.05) is 45.7 Å². The number of fused-ring (bicyclic) bond motifs is 1. The van der Waals surface area contributed by atoms with Crippen molar-refractivity contribution in [3.8, 4) is 0 Å². The molecule has 4 heterocycles. The molecule has 2 amide bonds. The molecule has 0 saturated carbocycles. The van der Waals surface area contributed by atoms with Gasteiger partial charge in [0, 0.05) is 70.5 Å². The fourth-order valence-corrected chi connectivity index (χ4v) is 4.74. The first-order valence-corrected chi connectivity index (χ1v) is 11.5. The van der Waals surface area contributed by atoms with Crippen molar-refractivity contribution >= 4 is 28.6 Å². The third-order valence-corrected chi connectivity index (χ3v) is 6.75. The summed E-state index contributed by atoms with van der Waals surface area (Å²) < 4.78 is 5.77. The summed E-state index contributed by atoms with van der Waals surface area (Å²) in [6.45, 7) is 1.96. The zero-order valence-corrected chi connectivity index (χ0v) is 19.3. The molecule has 1 atom stereocenters. The van der Waals surface area contributed by atoms with E-state index in [0.29, 0.717) is 31.8 Å². The standard InChI is InChI=1S/C25H29N5O3/c1-28(2)22-14-19(18-13-23(31)29(3)15-18)26-24(27-22)16-8-10-30(11-9-16)25(32)21-12-17-6-4-5-7-20(17)33-21/h4-7,12,14,16,18H,8-11,13,15H2,1-3H3. The number of piperidine rings is 1. The topological polar surface area (TPSA) is 82.8 Å². The van der Waals surface area contributed by atoms with E-state index in [-0.39, 0.29) is 23.7 Å². The predicted octanol–water partition coefficient (Wildman–Crippen LogP) is 3.25. The van der Waals surface area contributed by atoms with Gasteiger partial charge in [0.05, 0.1) is 5.69 Å². The summed E-state index contributed by atoms with van der Waals surface area (Å²) in [5.41, 5.74) is 1.66. The summed E-state index contributed by atoms with van der Waals surface area (Å²) in [7, 11) is 5.78. The average molecular weight is 448 g/mol. The number of nitrogens with zero attached hydrogens (tertiary/aromatic N) is 5. The minimum Gasteiger partial charge on any atom is -0.451 e. The van der Waals surface area contributed by atoms with Crippen molar-refractivity contribution < 1.29 is 14.0 Å². The largest absolute Gasteiger partial charge is 0.451 e. The Balaban J connectivity index is 1.32. The van der Waals surface area contributed by atoms with Crippen LogP contribution in [0.1, 0.15) is 53.2 Å². The van der Waals surface area contributed by atoms with E-state index in [9.17, 15) is 9.59 Å². The first-order valence-electron chi connectivity index (χ1n) is 11.5. The van der Waals surface area contributed by atoms with E-state index in [0.717, 1.165) is 41.1 Å². The van der Waals surface area contributed by atoms with Crippen molar-refractivity contribution in [3.63, 3.8) is 0 Å². The molecule has 5 rings (SSSR count). The molecule has 1 aromatic carbocycles. The van der Waals surface area contributed by atoms with Crippen molar-refractivity contribution in [1.29, 1.82) is 0 Å². The van der Waals surface area contributed by atoms with Gasteiger partial charge in [-0.05, 0) is 25.0 Å². The normalized spacial score (nSPS) is 19.5. The van der Waals surface area contributed by atoms with Crippen LogP contribution < -0.4 is 4.90 Å². The molecule has 33 heavy (non-hydrogen) atoms. The summed E-state index contributed by atoms with van der Waals surface area (Å²) in [4.78, 5) is 40.4. The Morgan fingerprint density at radius 2 is 1.85 bits per heavy atom. The molecule has 1 unspecified atom stereocenters. The molecule has 8 nitrogen and oxygen atoms in total. The molecule has 0 aliphatic carbocycles. The molecule has 0 radical (unpaired) electrons. The van der Waals surface area contributed by atoms with Gasteiger partial charge in [0.1, 0.15) is 17.2 Å². The Kier molecular flexibility index (Phi) is 5.52. The highest BCUT2D eigenvalue weighted by molar-refractivity contribution is 5.96. The maximum atomic E-state index is 13.0. The molecule has 0 spiro atoms. The number of benzene rings is 1. The second-order valence-corrected chi connectivity index (χ2v) is 9.29. The molecule has 172 valence electrons. The fraction of sp³-hybridized carbons (Fsp3) is 0.440. The quantitative estimate of drug-likeness (QED) is 0.611. The molecule has 2 fully saturated rings. The average Bonchev–Trinajstić information content (AvgIpc) is 3.41. The van der Waals surface area contributed by atoms with Gasteiger partial charge in [-0.25, -0.2) is 9.97 Å². The number of furan rings is 1. The summed E-state index contributed by atoms with van der Waals surface area (Å²) in [5.74, 6) is 2.42. The number of para-hydroxylation sites is 1. The minimum absolute atomic E-state index is 0.0687. The van der Waals surface area contributed by atoms with E-state index < -0.39 is 0 Å². The monoisotopic (exact) mass is 447 g/mol. The second kappa shape index (κ2) is 8.50. The van der Waals surface area contributed by atoms with E-state index in [1.54, 1.807) is 4.90 Å². The summed E-state index contributed by atoms with van der Waals surface area (Å²) in [6.07, 6.45) is 2.09. The van der Waals surface area contributed by atoms with Crippen LogP contribution in [-0.2, 0) is 4.79 Å². The van der Waals surface area contributed by atoms with E-state index >= 15 is 0 Å². The third-order valence-electron chi connectivity index (χ3n) is 6.75. The fourth-order valence-electron chi connectivity index (χ4n) is 4.74. The first-order chi connectivity index (χ1) is 15.9. The Bertz CT molecular complexity index is 1160. The highest BCUT2D eigenvalue weighted by atomic mass is 16.3. The van der Waals surface area contributed by atoms with Crippen LogP contribution >= 0.6 is 0 Å². The van der Waals surface area contributed by atoms with Crippen molar-refractivity contribution in [2.24, 2.45) is 0 Å². The number of carbonyl (C=O) groups excluding carboxylic acids is 2. The first kappa shape index (κ1) is 21.4. The second-order valence-electron chi connectivity index (χ2n) is 9.29. The minimum atomic E-state index is -0.0687. The SMILES string of the molecule is CN1CC(c2cc(N(C)C)nc(C3CCN(C(=O)c4cc5ccccc5o4)CC3)n2)CC1=O. The molecule has 2 saturated heterocycles. The van der Waals surface area contributed by atoms with Gasteiger partial charge in [-0.3, -0.25) is 9.59 Å². The van der Waals surface area contributed by atoms with Gasteiger partial charge in [0.2, 0.25) is 5.91 Å². The van der Waals surface area contributed by atoms with Gasteiger partial charge >= 0.3 is 0 Å². The Morgan fingerprint density at radius 1 is 1.09 bits per heavy atom. The van der Waals surface area contributed by atoms with Gasteiger partial charge in [-0.15, -0.1) is 0 Å². The lowest BCUT2D eigenvalue weighted by atomic mass is 9.95. The number of anilines is 1. The van der Waals surface area contributed by atoms with Gasteiger partial charge in [0.25, 0.3) is 5.91 Å². The number of aromatic nitrogens is 2. The molecule has 8 heteroatoms. The number of carbonyl (C=O) groups is 2. The molecule has 2 aliphatic rings. The zero-order chi connectivity index (χ0) is 23.1. The third kappa shape index (κ3) is 4.17. The van der Waals surface area contributed by atoms with Gasteiger partial charge in [-0.2, -0.15) is 0 Å². The molecule has 0 bridgehead atoms. The molecule has 2 aromatic heterocycles. The van der Waals surface area contributed by atoms with Crippen molar-refractivity contribution in [1.82, 2.24) is 19.8 Å². The van der Waals surface area contributed by atoms with E-state index in [2.05, 4.69) is 0 Å². The van der Waals surface area contributed by atoms with Crippen LogP contribution in [0.5, 0.6) is 0 Å². The van der Waals surface area contributed by atoms with Crippen LogP contribution in [-0.4, -0.2) is 72.4 Å². The highest BCUT2D eigenvalue weighted by Crippen LogP contribution is 2.32. The zero-order valence-electron chi connectivity index (χ0n) is 19.3. The Morgan fingerprint density at radius 3 is 2.52 bits per heavy atom. The highest BCUT2D eigenvalue weighted by Gasteiger charge is 2.32. The van der Waals surface area contributed by atoms with Gasteiger partial charge in [-0.1, -0.05) is 18.2 Å². The van der Waals surface area contributed by atoms with Crippen LogP contribution in [0.2, 0.25) is 0 Å². The van der Waals surface area contributed by atoms with Crippen molar-refractivity contribution in [3.05, 3.63) is 53.7 Å². The molecule has 2 aliphatic heterocycles. The number of hydrogen-bond acceptors (Lipinski definition) is 6. The number of likely N-dealkylation sites (tertiary alicyclic amines) is 2. The van der Waals surface area contributed by atoms with E-state index in [4.69, 9.17) is 14.4 Å². The number of rotatable bonds is 4. The van der Waals surface area contributed by atoms with E-state index in [1.807, 2.05) is 67.3 Å². The lowest BCUT2D eigenvalue weighted by molar-refractivity contribution is -0.126. The molecular formula is C25H29N5O3. The van der Waals surface area contributed by atoms with Gasteiger partial charge in [0.15, 0.2) is 5.76 Å². The van der Waals surface area contributed by atoms with Crippen LogP contribution in [0.3, 0.4) is 0 Å². The maximum Gasteiger partial charge on any atom is 0.289 e. The molecule has 3 aromatic rings. The molecule has 0 N–H and O–H groups in total. The lowest BCUT2D eigenvalue weighted by Crippen LogP contribution is -2.38. The Labute approximate surface area is 193 Å². The predicted molar refractivity (Wildman–Crippen MR) is 125 cm³/mol. The summed E-state index contributed by atoms with van der Waals surface area (Å²) >= 11 is 0. The number of amides is 2. The smallest absolute Gasteiger partial charge is 0.289 e.